The van der Waals surface area contributed by atoms with Crippen molar-refractivity contribution in [1.82, 2.24) is 9.97 Å². The molecule has 0 atom stereocenters. The molecule has 7 heteroatoms. The molecule has 0 aliphatic carbocycles. The van der Waals surface area contributed by atoms with E-state index in [0.717, 1.165) is 49.9 Å². The Balaban J connectivity index is 0.000000356. The molecular formula is C30H23IrN2O4-. The predicted molar refractivity (Wildman–Crippen MR) is 141 cm³/mol. The topological polar surface area (TPSA) is 89.4 Å². The second kappa shape index (κ2) is 10.9. The van der Waals surface area contributed by atoms with Gasteiger partial charge < -0.3 is 13.9 Å². The van der Waals surface area contributed by atoms with Gasteiger partial charge in [-0.3, -0.25) is 9.78 Å². The maximum Gasteiger partial charge on any atom is 0.155 e. The van der Waals surface area contributed by atoms with Gasteiger partial charge in [0.1, 0.15) is 28.8 Å². The number of aryl methyl sites for hydroxylation is 1. The quantitative estimate of drug-likeness (QED) is 0.119. The number of nitrogens with zero attached hydrogens (tertiary/aromatic N) is 2. The minimum Gasteiger partial charge on any atom is -0.512 e. The fraction of sp³-hybridized carbons (Fsp3) is 0.100. The molecule has 0 unspecified atom stereocenters. The van der Waals surface area contributed by atoms with Gasteiger partial charge >= 0.3 is 0 Å². The predicted octanol–water partition coefficient (Wildman–Crippen LogP) is 7.60. The first kappa shape index (κ1) is 26.0. The van der Waals surface area contributed by atoms with Crippen LogP contribution in [0.5, 0.6) is 0 Å². The number of aliphatic hydroxyl groups is 1. The number of rotatable bonds is 3. The molecule has 6 aromatic rings. The molecule has 3 aromatic heterocycles. The Morgan fingerprint density at radius 2 is 1.65 bits per heavy atom. The average molecular weight is 668 g/mol. The van der Waals surface area contributed by atoms with Crippen molar-refractivity contribution in [2.24, 2.45) is 0 Å². The molecule has 37 heavy (non-hydrogen) atoms. The van der Waals surface area contributed by atoms with Crippen molar-refractivity contribution in [2.45, 2.75) is 20.8 Å². The number of ketones is 1. The van der Waals surface area contributed by atoms with Gasteiger partial charge in [0.25, 0.3) is 0 Å². The third-order valence-electron chi connectivity index (χ3n) is 5.56. The van der Waals surface area contributed by atoms with Gasteiger partial charge in [-0.2, -0.15) is 0 Å². The number of hydrogen-bond acceptors (Lipinski definition) is 6. The summed E-state index contributed by atoms with van der Waals surface area (Å²) in [5.41, 5.74) is 6.48. The average Bonchev–Trinajstić information content (AvgIpc) is 3.45. The molecule has 3 aromatic carbocycles. The summed E-state index contributed by atoms with van der Waals surface area (Å²) in [4.78, 5) is 19.0. The fourth-order valence-corrected chi connectivity index (χ4v) is 4.14. The number of carbonyl (C=O) groups is 1. The van der Waals surface area contributed by atoms with Crippen molar-refractivity contribution in [3.8, 4) is 22.6 Å². The van der Waals surface area contributed by atoms with E-state index in [1.807, 2.05) is 61.5 Å². The summed E-state index contributed by atoms with van der Waals surface area (Å²) < 4.78 is 12.4. The Labute approximate surface area is 227 Å². The van der Waals surface area contributed by atoms with E-state index in [0.29, 0.717) is 11.3 Å². The Morgan fingerprint density at radius 1 is 0.919 bits per heavy atom. The van der Waals surface area contributed by atoms with Gasteiger partial charge in [0.15, 0.2) is 5.78 Å². The molecule has 1 N–H and O–H groups in total. The maximum absolute atomic E-state index is 10.0. The molecule has 0 aliphatic rings. The standard InChI is InChI=1S/C25H15N2O2.C5H8O2.Ir/c1-15-11-18-17-9-5-6-10-21(17)28-24(18)19(12-15)23-25-20(26-14-27-23)13-22(29-25)16-7-3-2-4-8-16;1-4(6)3-5(2)7;/h2-11,13-14H,1H3;3,6H,1-2H3;/q-1;;/b;4-3-;. The Kier molecular flexibility index (Phi) is 7.67. The minimum absolute atomic E-state index is 0. The largest absolute Gasteiger partial charge is 0.512 e. The van der Waals surface area contributed by atoms with E-state index in [4.69, 9.17) is 13.9 Å². The molecule has 0 fully saturated rings. The van der Waals surface area contributed by atoms with E-state index in [1.54, 1.807) is 6.33 Å². The van der Waals surface area contributed by atoms with Crippen LogP contribution in [0.2, 0.25) is 0 Å². The molecule has 0 spiro atoms. The van der Waals surface area contributed by atoms with Gasteiger partial charge in [-0.15, -0.1) is 17.7 Å². The van der Waals surface area contributed by atoms with Gasteiger partial charge in [0, 0.05) is 48.9 Å². The van der Waals surface area contributed by atoms with Crippen LogP contribution < -0.4 is 0 Å². The number of carbonyl (C=O) groups excluding carboxylic acids is 1. The third-order valence-corrected chi connectivity index (χ3v) is 5.56. The first-order valence-corrected chi connectivity index (χ1v) is 11.4. The smallest absolute Gasteiger partial charge is 0.155 e. The van der Waals surface area contributed by atoms with Gasteiger partial charge in [-0.05, 0) is 19.9 Å². The van der Waals surface area contributed by atoms with E-state index < -0.39 is 0 Å². The monoisotopic (exact) mass is 668 g/mol. The number of aliphatic hydroxyl groups excluding tert-OH is 1. The molecule has 0 amide bonds. The van der Waals surface area contributed by atoms with Crippen LogP contribution in [-0.4, -0.2) is 20.9 Å². The summed E-state index contributed by atoms with van der Waals surface area (Å²) in [6, 6.07) is 25.5. The molecule has 187 valence electrons. The molecule has 6 nitrogen and oxygen atoms in total. The zero-order valence-corrected chi connectivity index (χ0v) is 22.8. The van der Waals surface area contributed by atoms with Gasteiger partial charge in [-0.25, -0.2) is 4.98 Å². The van der Waals surface area contributed by atoms with Crippen LogP contribution in [0.1, 0.15) is 19.4 Å². The van der Waals surface area contributed by atoms with Crippen LogP contribution in [0, 0.1) is 13.0 Å². The summed E-state index contributed by atoms with van der Waals surface area (Å²) in [6.07, 6.45) is 2.73. The Bertz CT molecular complexity index is 1750. The number of fused-ring (bicyclic) bond motifs is 4. The SMILES string of the molecule is CC(=O)/C=C(/C)O.Cc1[c-]c(-c2ncnc3cc(-c4ccccc4)oc23)c2oc3ccccc3c2c1.[Ir]. The third kappa shape index (κ3) is 5.38. The van der Waals surface area contributed by atoms with Crippen molar-refractivity contribution >= 4 is 38.8 Å². The molecule has 3 heterocycles. The van der Waals surface area contributed by atoms with Crippen molar-refractivity contribution in [2.75, 3.05) is 0 Å². The molecule has 0 aliphatic heterocycles. The Morgan fingerprint density at radius 3 is 2.35 bits per heavy atom. The van der Waals surface area contributed by atoms with Crippen LogP contribution in [0.3, 0.4) is 0 Å². The summed E-state index contributed by atoms with van der Waals surface area (Å²) in [7, 11) is 0. The van der Waals surface area contributed by atoms with Crippen LogP contribution in [0.25, 0.3) is 55.6 Å². The van der Waals surface area contributed by atoms with E-state index in [1.165, 1.54) is 19.9 Å². The normalized spacial score (nSPS) is 11.3. The second-order valence-electron chi connectivity index (χ2n) is 8.48. The first-order valence-electron chi connectivity index (χ1n) is 11.4. The zero-order chi connectivity index (χ0) is 25.2. The van der Waals surface area contributed by atoms with E-state index in [2.05, 4.69) is 28.2 Å². The number of hydrogen-bond donors (Lipinski definition) is 1. The summed E-state index contributed by atoms with van der Waals surface area (Å²) in [6.45, 7) is 4.88. The van der Waals surface area contributed by atoms with Crippen molar-refractivity contribution < 1.29 is 38.8 Å². The van der Waals surface area contributed by atoms with Gasteiger partial charge in [0.2, 0.25) is 0 Å². The fourth-order valence-electron chi connectivity index (χ4n) is 4.14. The zero-order valence-electron chi connectivity index (χ0n) is 20.4. The van der Waals surface area contributed by atoms with Crippen LogP contribution in [0.15, 0.2) is 93.7 Å². The molecule has 0 saturated heterocycles. The van der Waals surface area contributed by atoms with Gasteiger partial charge in [0.05, 0.1) is 11.3 Å². The molecule has 0 bridgehead atoms. The maximum atomic E-state index is 10.0. The number of para-hydroxylation sites is 1. The van der Waals surface area contributed by atoms with Crippen molar-refractivity contribution in [1.29, 1.82) is 0 Å². The summed E-state index contributed by atoms with van der Waals surface area (Å²) in [5, 5.41) is 10.5. The van der Waals surface area contributed by atoms with Crippen LogP contribution in [0.4, 0.5) is 0 Å². The Hall–Kier alpha value is -4.06. The van der Waals surface area contributed by atoms with E-state index in [-0.39, 0.29) is 31.6 Å². The van der Waals surface area contributed by atoms with Crippen LogP contribution in [-0.2, 0) is 24.9 Å². The first-order chi connectivity index (χ1) is 17.4. The molecule has 1 radical (unpaired) electrons. The summed E-state index contributed by atoms with van der Waals surface area (Å²) >= 11 is 0. The second-order valence-corrected chi connectivity index (χ2v) is 8.48. The van der Waals surface area contributed by atoms with E-state index in [9.17, 15) is 4.79 Å². The number of benzene rings is 3. The number of aromatic nitrogens is 2. The summed E-state index contributed by atoms with van der Waals surface area (Å²) in [5.74, 6) is 0.698. The van der Waals surface area contributed by atoms with Crippen molar-refractivity contribution in [3.63, 3.8) is 0 Å². The van der Waals surface area contributed by atoms with Gasteiger partial charge in [-0.1, -0.05) is 66.4 Å². The molecular weight excluding hydrogens is 645 g/mol. The minimum atomic E-state index is -0.125. The number of allylic oxidation sites excluding steroid dienone is 2. The van der Waals surface area contributed by atoms with Crippen molar-refractivity contribution in [3.05, 3.63) is 96.5 Å². The molecule has 0 saturated carbocycles. The molecule has 6 rings (SSSR count). The van der Waals surface area contributed by atoms with E-state index >= 15 is 0 Å². The number of furan rings is 2. The van der Waals surface area contributed by atoms with Crippen LogP contribution >= 0.6 is 0 Å².